The van der Waals surface area contributed by atoms with Crippen molar-refractivity contribution in [2.24, 2.45) is 0 Å². The van der Waals surface area contributed by atoms with Crippen LogP contribution in [0.4, 0.5) is 0 Å². The van der Waals surface area contributed by atoms with Gasteiger partial charge in [-0.3, -0.25) is 0 Å². The normalized spacial score (nSPS) is 15.8. The SMILES string of the molecule is CCCCCN1CCNCC1.c1ncc2[nH]cnc2n1. The van der Waals surface area contributed by atoms with Crippen molar-refractivity contribution >= 4 is 11.2 Å². The number of fused-ring (bicyclic) bond motifs is 1. The van der Waals surface area contributed by atoms with E-state index in [0.29, 0.717) is 5.65 Å². The highest BCUT2D eigenvalue weighted by atomic mass is 15.2. The first-order valence-electron chi connectivity index (χ1n) is 7.42. The zero-order valence-corrected chi connectivity index (χ0v) is 12.2. The molecule has 0 aromatic carbocycles. The van der Waals surface area contributed by atoms with Crippen LogP contribution in [0, 0.1) is 0 Å². The van der Waals surface area contributed by atoms with Gasteiger partial charge in [-0.05, 0) is 13.0 Å². The molecule has 1 saturated heterocycles. The molecule has 2 N–H and O–H groups in total. The Hall–Kier alpha value is -1.53. The fourth-order valence-corrected chi connectivity index (χ4v) is 2.21. The smallest absolute Gasteiger partial charge is 0.180 e. The van der Waals surface area contributed by atoms with Gasteiger partial charge < -0.3 is 15.2 Å². The van der Waals surface area contributed by atoms with Gasteiger partial charge in [-0.25, -0.2) is 15.0 Å². The number of piperazine rings is 1. The Balaban J connectivity index is 0.000000149. The predicted octanol–water partition coefficient (Wildman–Crippen LogP) is 1.43. The molecule has 2 aromatic rings. The summed E-state index contributed by atoms with van der Waals surface area (Å²) in [5, 5.41) is 3.36. The lowest BCUT2D eigenvalue weighted by Crippen LogP contribution is -2.43. The Labute approximate surface area is 120 Å². The molecule has 0 radical (unpaired) electrons. The summed E-state index contributed by atoms with van der Waals surface area (Å²) in [4.78, 5) is 17.0. The average Bonchev–Trinajstić information content (AvgIpc) is 2.98. The first-order chi connectivity index (χ1) is 9.90. The van der Waals surface area contributed by atoms with Crippen molar-refractivity contribution in [1.29, 1.82) is 0 Å². The molecule has 0 unspecified atom stereocenters. The maximum Gasteiger partial charge on any atom is 0.180 e. The number of H-pyrrole nitrogens is 1. The molecule has 20 heavy (non-hydrogen) atoms. The topological polar surface area (TPSA) is 69.7 Å². The molecular weight excluding hydrogens is 252 g/mol. The van der Waals surface area contributed by atoms with Gasteiger partial charge in [-0.1, -0.05) is 19.8 Å². The van der Waals surface area contributed by atoms with Crippen molar-refractivity contribution in [3.8, 4) is 0 Å². The summed E-state index contributed by atoms with van der Waals surface area (Å²) in [5.74, 6) is 0. The van der Waals surface area contributed by atoms with Gasteiger partial charge in [0.25, 0.3) is 0 Å². The summed E-state index contributed by atoms with van der Waals surface area (Å²) in [6.45, 7) is 8.46. The lowest BCUT2D eigenvalue weighted by molar-refractivity contribution is 0.236. The number of imidazole rings is 1. The maximum absolute atomic E-state index is 3.91. The van der Waals surface area contributed by atoms with Crippen molar-refractivity contribution in [1.82, 2.24) is 30.2 Å². The summed E-state index contributed by atoms with van der Waals surface area (Å²) in [6.07, 6.45) is 8.88. The quantitative estimate of drug-likeness (QED) is 0.827. The Bertz CT molecular complexity index is 447. The molecule has 0 bridgehead atoms. The van der Waals surface area contributed by atoms with Gasteiger partial charge in [0, 0.05) is 26.2 Å². The second-order valence-electron chi connectivity index (χ2n) is 4.96. The molecule has 0 spiro atoms. The van der Waals surface area contributed by atoms with Crippen LogP contribution in [0.3, 0.4) is 0 Å². The van der Waals surface area contributed by atoms with E-state index in [0.717, 1.165) is 5.52 Å². The second-order valence-corrected chi connectivity index (χ2v) is 4.96. The van der Waals surface area contributed by atoms with E-state index in [1.807, 2.05) is 0 Å². The molecule has 1 aliphatic heterocycles. The molecule has 2 aromatic heterocycles. The van der Waals surface area contributed by atoms with Crippen LogP contribution < -0.4 is 5.32 Å². The summed E-state index contributed by atoms with van der Waals surface area (Å²) in [5.41, 5.74) is 1.59. The fourth-order valence-electron chi connectivity index (χ4n) is 2.21. The molecule has 110 valence electrons. The van der Waals surface area contributed by atoms with Crippen LogP contribution in [0.1, 0.15) is 26.2 Å². The largest absolute Gasteiger partial charge is 0.342 e. The number of hydrogen-bond acceptors (Lipinski definition) is 5. The van der Waals surface area contributed by atoms with Gasteiger partial charge in [-0.2, -0.15) is 0 Å². The van der Waals surface area contributed by atoms with E-state index in [2.05, 4.69) is 37.1 Å². The van der Waals surface area contributed by atoms with Gasteiger partial charge in [0.15, 0.2) is 5.65 Å². The molecule has 0 atom stereocenters. The Morgan fingerprint density at radius 3 is 2.80 bits per heavy atom. The highest BCUT2D eigenvalue weighted by molar-refractivity contribution is 5.67. The lowest BCUT2D eigenvalue weighted by Gasteiger charge is -2.26. The van der Waals surface area contributed by atoms with Crippen molar-refractivity contribution < 1.29 is 0 Å². The number of nitrogens with one attached hydrogen (secondary N) is 2. The first kappa shape index (κ1) is 14.9. The summed E-state index contributed by atoms with van der Waals surface area (Å²) in [7, 11) is 0. The van der Waals surface area contributed by atoms with E-state index in [1.54, 1.807) is 12.5 Å². The number of unbranched alkanes of at least 4 members (excludes halogenated alkanes) is 2. The van der Waals surface area contributed by atoms with E-state index in [1.165, 1.54) is 58.3 Å². The standard InChI is InChI=1S/C9H20N2.C5H4N4/c1-2-3-4-7-11-8-5-10-6-9-11;1-4-5(8-2-6-1)9-3-7-4/h10H,2-9H2,1H3;1-3H,(H,6,7,8,9). The Kier molecular flexibility index (Phi) is 6.40. The van der Waals surface area contributed by atoms with Crippen LogP contribution in [-0.4, -0.2) is 57.6 Å². The van der Waals surface area contributed by atoms with Crippen molar-refractivity contribution in [3.63, 3.8) is 0 Å². The number of hydrogen-bond donors (Lipinski definition) is 2. The van der Waals surface area contributed by atoms with Crippen molar-refractivity contribution in [3.05, 3.63) is 18.9 Å². The Morgan fingerprint density at radius 2 is 2.05 bits per heavy atom. The molecule has 0 amide bonds. The zero-order chi connectivity index (χ0) is 14.0. The molecule has 0 aliphatic carbocycles. The zero-order valence-electron chi connectivity index (χ0n) is 12.2. The monoisotopic (exact) mass is 276 g/mol. The highest BCUT2D eigenvalue weighted by Crippen LogP contribution is 1.99. The summed E-state index contributed by atoms with van der Waals surface area (Å²) >= 11 is 0. The average molecular weight is 276 g/mol. The van der Waals surface area contributed by atoms with E-state index in [-0.39, 0.29) is 0 Å². The number of aromatic nitrogens is 4. The van der Waals surface area contributed by atoms with Crippen LogP contribution in [0.5, 0.6) is 0 Å². The lowest BCUT2D eigenvalue weighted by atomic mass is 10.2. The van der Waals surface area contributed by atoms with Crippen LogP contribution >= 0.6 is 0 Å². The van der Waals surface area contributed by atoms with Crippen molar-refractivity contribution in [2.75, 3.05) is 32.7 Å². The molecule has 6 heteroatoms. The van der Waals surface area contributed by atoms with Gasteiger partial charge in [-0.15, -0.1) is 0 Å². The van der Waals surface area contributed by atoms with Crippen LogP contribution in [0.15, 0.2) is 18.9 Å². The minimum absolute atomic E-state index is 0.713. The van der Waals surface area contributed by atoms with E-state index >= 15 is 0 Å². The summed E-state index contributed by atoms with van der Waals surface area (Å²) in [6, 6.07) is 0. The van der Waals surface area contributed by atoms with Crippen LogP contribution in [0.2, 0.25) is 0 Å². The second kappa shape index (κ2) is 8.60. The number of aromatic amines is 1. The van der Waals surface area contributed by atoms with E-state index < -0.39 is 0 Å². The van der Waals surface area contributed by atoms with E-state index in [9.17, 15) is 0 Å². The molecule has 3 rings (SSSR count). The predicted molar refractivity (Wildman–Crippen MR) is 80.5 cm³/mol. The van der Waals surface area contributed by atoms with Gasteiger partial charge in [0.1, 0.15) is 11.8 Å². The molecule has 1 fully saturated rings. The third-order valence-corrected chi connectivity index (χ3v) is 3.39. The Morgan fingerprint density at radius 1 is 1.20 bits per heavy atom. The van der Waals surface area contributed by atoms with Gasteiger partial charge in [0.2, 0.25) is 0 Å². The summed E-state index contributed by atoms with van der Waals surface area (Å²) < 4.78 is 0. The van der Waals surface area contributed by atoms with Gasteiger partial charge in [0.05, 0.1) is 12.5 Å². The van der Waals surface area contributed by atoms with Gasteiger partial charge >= 0.3 is 0 Å². The van der Waals surface area contributed by atoms with Crippen molar-refractivity contribution in [2.45, 2.75) is 26.2 Å². The molecule has 0 saturated carbocycles. The number of nitrogens with zero attached hydrogens (tertiary/aromatic N) is 4. The molecule has 3 heterocycles. The highest BCUT2D eigenvalue weighted by Gasteiger charge is 2.07. The van der Waals surface area contributed by atoms with Crippen LogP contribution in [-0.2, 0) is 0 Å². The molecule has 1 aliphatic rings. The fraction of sp³-hybridized carbons (Fsp3) is 0.643. The third-order valence-electron chi connectivity index (χ3n) is 3.39. The van der Waals surface area contributed by atoms with Crippen LogP contribution in [0.25, 0.3) is 11.2 Å². The molecule has 6 nitrogen and oxygen atoms in total. The molecular formula is C14H24N6. The minimum Gasteiger partial charge on any atom is -0.342 e. The first-order valence-corrected chi connectivity index (χ1v) is 7.42. The third kappa shape index (κ3) is 4.86. The van der Waals surface area contributed by atoms with E-state index in [4.69, 9.17) is 0 Å². The maximum atomic E-state index is 3.91. The number of rotatable bonds is 4. The minimum atomic E-state index is 0.713.